The fraction of sp³-hybridized carbons (Fsp3) is 0.280. The summed E-state index contributed by atoms with van der Waals surface area (Å²) in [4.78, 5) is 28.4. The van der Waals surface area contributed by atoms with Gasteiger partial charge in [-0.1, -0.05) is 32.9 Å². The second kappa shape index (κ2) is 8.31. The van der Waals surface area contributed by atoms with E-state index in [9.17, 15) is 14.7 Å². The topological polar surface area (TPSA) is 80.0 Å². The molecule has 0 saturated carbocycles. The zero-order chi connectivity index (χ0) is 23.0. The van der Waals surface area contributed by atoms with Crippen LogP contribution in [0.15, 0.2) is 64.1 Å². The number of Topliss-reactive ketones (excluding diaryl/α,β-unsaturated/α-hetero) is 1. The molecule has 1 aliphatic rings. The average molecular weight is 452 g/mol. The second-order valence-corrected chi connectivity index (χ2v) is 9.67. The lowest BCUT2D eigenvalue weighted by Gasteiger charge is -2.24. The van der Waals surface area contributed by atoms with Crippen molar-refractivity contribution in [2.75, 3.05) is 7.11 Å². The normalized spacial score (nSPS) is 18.4. The molecule has 4 rings (SSSR count). The van der Waals surface area contributed by atoms with Crippen LogP contribution in [-0.2, 0) is 21.5 Å². The van der Waals surface area contributed by atoms with Crippen LogP contribution in [0.1, 0.15) is 48.6 Å². The minimum absolute atomic E-state index is 0.0494. The third-order valence-electron chi connectivity index (χ3n) is 5.58. The van der Waals surface area contributed by atoms with E-state index in [0.29, 0.717) is 17.1 Å². The lowest BCUT2D eigenvalue weighted by Crippen LogP contribution is -2.28. The Balaban J connectivity index is 1.90. The predicted octanol–water partition coefficient (Wildman–Crippen LogP) is 5.27. The quantitative estimate of drug-likeness (QED) is 0.325. The molecule has 166 valence electrons. The van der Waals surface area contributed by atoms with Gasteiger partial charge in [0.25, 0.3) is 11.7 Å². The maximum absolute atomic E-state index is 13.2. The Morgan fingerprint density at radius 3 is 2.56 bits per heavy atom. The van der Waals surface area contributed by atoms with Gasteiger partial charge in [-0.3, -0.25) is 9.59 Å². The molecule has 3 aromatic rings. The Morgan fingerprint density at radius 1 is 1.19 bits per heavy atom. The summed E-state index contributed by atoms with van der Waals surface area (Å²) in [6, 6.07) is 12.0. The zero-order valence-electron chi connectivity index (χ0n) is 18.4. The highest BCUT2D eigenvalue weighted by molar-refractivity contribution is 7.10. The minimum Gasteiger partial charge on any atom is -0.507 e. The van der Waals surface area contributed by atoms with Crippen LogP contribution in [0.25, 0.3) is 5.76 Å². The highest BCUT2D eigenvalue weighted by atomic mass is 32.1. The molecule has 1 amide bonds. The number of rotatable bonds is 5. The summed E-state index contributed by atoms with van der Waals surface area (Å²) in [6.45, 7) is 6.31. The number of hydrogen-bond donors (Lipinski definition) is 1. The van der Waals surface area contributed by atoms with Gasteiger partial charge in [0, 0.05) is 4.88 Å². The molecule has 6 nitrogen and oxygen atoms in total. The summed E-state index contributed by atoms with van der Waals surface area (Å²) < 4.78 is 10.9. The van der Waals surface area contributed by atoms with E-state index in [0.717, 1.165) is 10.4 Å². The van der Waals surface area contributed by atoms with E-state index >= 15 is 0 Å². The molecule has 0 radical (unpaired) electrons. The Labute approximate surface area is 190 Å². The van der Waals surface area contributed by atoms with E-state index in [2.05, 4.69) is 20.8 Å². The Hall–Kier alpha value is -3.32. The monoisotopic (exact) mass is 451 g/mol. The fourth-order valence-electron chi connectivity index (χ4n) is 3.86. The molecule has 1 aromatic carbocycles. The number of likely N-dealkylation sites (tertiary alicyclic amines) is 1. The van der Waals surface area contributed by atoms with Crippen molar-refractivity contribution < 1.29 is 23.8 Å². The summed E-state index contributed by atoms with van der Waals surface area (Å²) in [6.07, 6.45) is 1.52. The van der Waals surface area contributed by atoms with Crippen LogP contribution in [0, 0.1) is 0 Å². The van der Waals surface area contributed by atoms with Crippen LogP contribution in [-0.4, -0.2) is 28.8 Å². The van der Waals surface area contributed by atoms with Gasteiger partial charge in [-0.15, -0.1) is 11.3 Å². The smallest absolute Gasteiger partial charge is 0.296 e. The van der Waals surface area contributed by atoms with E-state index < -0.39 is 17.7 Å². The van der Waals surface area contributed by atoms with Gasteiger partial charge >= 0.3 is 0 Å². The van der Waals surface area contributed by atoms with Gasteiger partial charge in [-0.25, -0.2) is 0 Å². The molecular formula is C25H25NO5S. The van der Waals surface area contributed by atoms with Crippen molar-refractivity contribution in [3.05, 3.63) is 81.4 Å². The number of ketones is 1. The molecule has 1 atom stereocenters. The molecule has 1 N–H and O–H groups in total. The molecule has 0 spiro atoms. The van der Waals surface area contributed by atoms with Crippen LogP contribution in [0.5, 0.6) is 5.75 Å². The number of methoxy groups -OCH3 is 1. The molecule has 0 aliphatic carbocycles. The van der Waals surface area contributed by atoms with Gasteiger partial charge < -0.3 is 19.2 Å². The van der Waals surface area contributed by atoms with E-state index in [1.807, 2.05) is 29.6 Å². The number of furan rings is 1. The number of carbonyl (C=O) groups is 2. The van der Waals surface area contributed by atoms with E-state index in [1.165, 1.54) is 29.6 Å². The SMILES string of the molecule is COc1ccc(C(C)(C)C)cc1/C(O)=C1\C(=O)C(=O)N(Cc2ccco2)C1c1cccs1. The van der Waals surface area contributed by atoms with Crippen LogP contribution >= 0.6 is 11.3 Å². The molecule has 1 unspecified atom stereocenters. The maximum atomic E-state index is 13.2. The van der Waals surface area contributed by atoms with Crippen LogP contribution in [0.4, 0.5) is 0 Å². The Bertz CT molecular complexity index is 1170. The minimum atomic E-state index is -0.726. The number of hydrogen-bond acceptors (Lipinski definition) is 6. The predicted molar refractivity (Wildman–Crippen MR) is 123 cm³/mol. The van der Waals surface area contributed by atoms with Gasteiger partial charge in [-0.05, 0) is 46.7 Å². The number of carbonyl (C=O) groups excluding carboxylic acids is 2. The summed E-state index contributed by atoms with van der Waals surface area (Å²) in [7, 11) is 1.51. The van der Waals surface area contributed by atoms with Gasteiger partial charge in [0.2, 0.25) is 0 Å². The lowest BCUT2D eigenvalue weighted by molar-refractivity contribution is -0.140. The largest absolute Gasteiger partial charge is 0.507 e. The standard InChI is InChI=1S/C25H25NO5S/c1-25(2,3)15-9-10-18(30-4)17(13-15)22(27)20-21(19-8-6-12-32-19)26(24(29)23(20)28)14-16-7-5-11-31-16/h5-13,21,27H,14H2,1-4H3/b22-20+. The van der Waals surface area contributed by atoms with Gasteiger partial charge in [0.15, 0.2) is 0 Å². The van der Waals surface area contributed by atoms with Gasteiger partial charge in [-0.2, -0.15) is 0 Å². The first-order valence-electron chi connectivity index (χ1n) is 10.3. The molecule has 2 aromatic heterocycles. The summed E-state index contributed by atoms with van der Waals surface area (Å²) in [5, 5.41) is 13.3. The second-order valence-electron chi connectivity index (χ2n) is 8.69. The van der Waals surface area contributed by atoms with Crippen LogP contribution in [0.3, 0.4) is 0 Å². The highest BCUT2D eigenvalue weighted by Crippen LogP contribution is 2.43. The van der Waals surface area contributed by atoms with Gasteiger partial charge in [0.1, 0.15) is 23.3 Å². The first kappa shape index (κ1) is 21.9. The van der Waals surface area contributed by atoms with E-state index in [4.69, 9.17) is 9.15 Å². The number of amides is 1. The molecule has 1 fully saturated rings. The van der Waals surface area contributed by atoms with Crippen LogP contribution in [0.2, 0.25) is 0 Å². The first-order valence-corrected chi connectivity index (χ1v) is 11.1. The van der Waals surface area contributed by atoms with Crippen LogP contribution < -0.4 is 4.74 Å². The molecule has 32 heavy (non-hydrogen) atoms. The van der Waals surface area contributed by atoms with Crippen molar-refractivity contribution in [3.8, 4) is 5.75 Å². The van der Waals surface area contributed by atoms with Crippen molar-refractivity contribution in [3.63, 3.8) is 0 Å². The van der Waals surface area contributed by atoms with Crippen molar-refractivity contribution >= 4 is 28.8 Å². The number of ether oxygens (including phenoxy) is 1. The third-order valence-corrected chi connectivity index (χ3v) is 6.50. The summed E-state index contributed by atoms with van der Waals surface area (Å²) in [5.74, 6) is -0.659. The maximum Gasteiger partial charge on any atom is 0.296 e. The number of benzene rings is 1. The highest BCUT2D eigenvalue weighted by Gasteiger charge is 2.47. The van der Waals surface area contributed by atoms with E-state index in [-0.39, 0.29) is 23.3 Å². The Kier molecular flexibility index (Phi) is 5.69. The summed E-state index contributed by atoms with van der Waals surface area (Å²) >= 11 is 1.42. The number of nitrogens with zero attached hydrogens (tertiary/aromatic N) is 1. The van der Waals surface area contributed by atoms with E-state index in [1.54, 1.807) is 18.2 Å². The molecule has 3 heterocycles. The van der Waals surface area contributed by atoms with Crippen molar-refractivity contribution in [1.29, 1.82) is 0 Å². The Morgan fingerprint density at radius 2 is 1.97 bits per heavy atom. The fourth-order valence-corrected chi connectivity index (χ4v) is 4.71. The molecular weight excluding hydrogens is 426 g/mol. The number of aliphatic hydroxyl groups excluding tert-OH is 1. The lowest BCUT2D eigenvalue weighted by atomic mass is 9.85. The third kappa shape index (κ3) is 3.84. The van der Waals surface area contributed by atoms with Crippen molar-refractivity contribution in [1.82, 2.24) is 4.90 Å². The molecule has 1 aliphatic heterocycles. The molecule has 1 saturated heterocycles. The number of thiophene rings is 1. The van der Waals surface area contributed by atoms with Gasteiger partial charge in [0.05, 0.1) is 31.1 Å². The molecule has 0 bridgehead atoms. The number of aliphatic hydroxyl groups is 1. The zero-order valence-corrected chi connectivity index (χ0v) is 19.2. The first-order chi connectivity index (χ1) is 15.2. The summed E-state index contributed by atoms with van der Waals surface area (Å²) in [5.41, 5.74) is 1.23. The van der Waals surface area contributed by atoms with Crippen molar-refractivity contribution in [2.24, 2.45) is 0 Å². The van der Waals surface area contributed by atoms with Crippen molar-refractivity contribution in [2.45, 2.75) is 38.8 Å². The molecule has 7 heteroatoms. The average Bonchev–Trinajstić information content (AvgIpc) is 3.51.